The smallest absolute Gasteiger partial charge is 0.127 e. The van der Waals surface area contributed by atoms with Crippen LogP contribution in [0.25, 0.3) is 0 Å². The Labute approximate surface area is 123 Å². The molecular formula is C17H29NO2. The molecule has 0 unspecified atom stereocenters. The van der Waals surface area contributed by atoms with Crippen molar-refractivity contribution >= 4 is 0 Å². The van der Waals surface area contributed by atoms with Gasteiger partial charge in [0.15, 0.2) is 0 Å². The molecule has 3 heteroatoms. The molecule has 0 radical (unpaired) electrons. The molecule has 0 heterocycles. The fraction of sp³-hybridized carbons (Fsp3) is 0.647. The number of nitrogens with one attached hydrogen (secondary N) is 1. The van der Waals surface area contributed by atoms with Gasteiger partial charge in [0, 0.05) is 18.2 Å². The van der Waals surface area contributed by atoms with Crippen molar-refractivity contribution in [2.24, 2.45) is 17.8 Å². The molecule has 1 rings (SSSR count). The van der Waals surface area contributed by atoms with Crippen molar-refractivity contribution in [3.05, 3.63) is 23.8 Å². The Bertz CT molecular complexity index is 394. The average Bonchev–Trinajstić information content (AvgIpc) is 2.42. The van der Waals surface area contributed by atoms with E-state index in [0.29, 0.717) is 17.8 Å². The Balaban J connectivity index is 2.61. The van der Waals surface area contributed by atoms with Gasteiger partial charge in [0.05, 0.1) is 14.2 Å². The summed E-state index contributed by atoms with van der Waals surface area (Å²) in [5.74, 6) is 3.79. The van der Waals surface area contributed by atoms with E-state index < -0.39 is 0 Å². The highest BCUT2D eigenvalue weighted by molar-refractivity contribution is 5.40. The predicted molar refractivity (Wildman–Crippen MR) is 84.4 cm³/mol. The first-order chi connectivity index (χ1) is 9.49. The number of hydrogen-bond donors (Lipinski definition) is 1. The average molecular weight is 279 g/mol. The molecule has 0 aromatic heterocycles. The Hall–Kier alpha value is -1.22. The molecule has 1 aromatic rings. The van der Waals surface area contributed by atoms with Crippen LogP contribution in [0.5, 0.6) is 11.5 Å². The largest absolute Gasteiger partial charge is 0.497 e. The van der Waals surface area contributed by atoms with Crippen molar-refractivity contribution in [1.82, 2.24) is 5.32 Å². The van der Waals surface area contributed by atoms with Crippen molar-refractivity contribution in [3.63, 3.8) is 0 Å². The summed E-state index contributed by atoms with van der Waals surface area (Å²) in [6, 6.07) is 5.96. The Morgan fingerprint density at radius 2 is 1.65 bits per heavy atom. The molecule has 0 fully saturated rings. The second-order valence-electron chi connectivity index (χ2n) is 5.96. The maximum Gasteiger partial charge on any atom is 0.127 e. The molecule has 1 aromatic carbocycles. The predicted octanol–water partition coefficient (Wildman–Crippen LogP) is 3.72. The fourth-order valence-electron chi connectivity index (χ4n) is 2.61. The summed E-state index contributed by atoms with van der Waals surface area (Å²) in [5.41, 5.74) is 1.17. The SMILES string of the molecule is COc1ccc(CNCC(C(C)C)C(C)C)c(OC)c1. The molecule has 0 aliphatic rings. The zero-order valence-electron chi connectivity index (χ0n) is 13.7. The van der Waals surface area contributed by atoms with E-state index in [1.54, 1.807) is 14.2 Å². The van der Waals surface area contributed by atoms with Gasteiger partial charge in [-0.1, -0.05) is 33.8 Å². The minimum atomic E-state index is 0.694. The van der Waals surface area contributed by atoms with Crippen molar-refractivity contribution in [3.8, 4) is 11.5 Å². The van der Waals surface area contributed by atoms with E-state index in [2.05, 4.69) is 39.1 Å². The Morgan fingerprint density at radius 1 is 1.00 bits per heavy atom. The normalized spacial score (nSPS) is 11.4. The van der Waals surface area contributed by atoms with Crippen LogP contribution in [0, 0.1) is 17.8 Å². The van der Waals surface area contributed by atoms with Crippen LogP contribution in [-0.2, 0) is 6.54 Å². The molecule has 0 bridgehead atoms. The van der Waals surface area contributed by atoms with E-state index in [0.717, 1.165) is 24.6 Å². The molecule has 1 N–H and O–H groups in total. The van der Waals surface area contributed by atoms with Gasteiger partial charge in [-0.25, -0.2) is 0 Å². The quantitative estimate of drug-likeness (QED) is 0.786. The van der Waals surface area contributed by atoms with Crippen LogP contribution in [0.4, 0.5) is 0 Å². The van der Waals surface area contributed by atoms with Crippen LogP contribution in [0.15, 0.2) is 18.2 Å². The summed E-state index contributed by atoms with van der Waals surface area (Å²) < 4.78 is 10.6. The summed E-state index contributed by atoms with van der Waals surface area (Å²) in [7, 11) is 3.37. The van der Waals surface area contributed by atoms with Gasteiger partial charge in [0.2, 0.25) is 0 Å². The maximum atomic E-state index is 5.42. The van der Waals surface area contributed by atoms with Crippen LogP contribution in [0.2, 0.25) is 0 Å². The Morgan fingerprint density at radius 3 is 2.15 bits per heavy atom. The van der Waals surface area contributed by atoms with Crippen molar-refractivity contribution in [2.75, 3.05) is 20.8 Å². The monoisotopic (exact) mass is 279 g/mol. The highest BCUT2D eigenvalue weighted by Crippen LogP contribution is 2.25. The molecule has 0 aliphatic heterocycles. The topological polar surface area (TPSA) is 30.5 Å². The fourth-order valence-corrected chi connectivity index (χ4v) is 2.61. The number of ether oxygens (including phenoxy) is 2. The second kappa shape index (κ2) is 8.15. The minimum absolute atomic E-state index is 0.694. The van der Waals surface area contributed by atoms with Gasteiger partial charge < -0.3 is 14.8 Å². The molecule has 0 saturated carbocycles. The first-order valence-electron chi connectivity index (χ1n) is 7.41. The summed E-state index contributed by atoms with van der Waals surface area (Å²) in [6.07, 6.45) is 0. The van der Waals surface area contributed by atoms with E-state index in [-0.39, 0.29) is 0 Å². The molecule has 0 aliphatic carbocycles. The van der Waals surface area contributed by atoms with Crippen molar-refractivity contribution < 1.29 is 9.47 Å². The van der Waals surface area contributed by atoms with Gasteiger partial charge in [-0.2, -0.15) is 0 Å². The molecule has 0 spiro atoms. The third-order valence-electron chi connectivity index (χ3n) is 3.90. The van der Waals surface area contributed by atoms with Crippen molar-refractivity contribution in [1.29, 1.82) is 0 Å². The van der Waals surface area contributed by atoms with Crippen LogP contribution in [0.1, 0.15) is 33.3 Å². The van der Waals surface area contributed by atoms with Gasteiger partial charge in [-0.05, 0) is 30.4 Å². The van der Waals surface area contributed by atoms with Gasteiger partial charge in [-0.15, -0.1) is 0 Å². The lowest BCUT2D eigenvalue weighted by Gasteiger charge is -2.25. The van der Waals surface area contributed by atoms with E-state index in [4.69, 9.17) is 9.47 Å². The van der Waals surface area contributed by atoms with E-state index in [1.807, 2.05) is 12.1 Å². The highest BCUT2D eigenvalue weighted by Gasteiger charge is 2.17. The number of methoxy groups -OCH3 is 2. The number of benzene rings is 1. The number of rotatable bonds is 8. The molecule has 20 heavy (non-hydrogen) atoms. The summed E-state index contributed by atoms with van der Waals surface area (Å²) in [5, 5.41) is 3.56. The number of hydrogen-bond acceptors (Lipinski definition) is 3. The maximum absolute atomic E-state index is 5.42. The first kappa shape index (κ1) is 16.8. The van der Waals surface area contributed by atoms with Gasteiger partial charge in [0.1, 0.15) is 11.5 Å². The second-order valence-corrected chi connectivity index (χ2v) is 5.96. The lowest BCUT2D eigenvalue weighted by Crippen LogP contribution is -2.29. The van der Waals surface area contributed by atoms with Crippen molar-refractivity contribution in [2.45, 2.75) is 34.2 Å². The van der Waals surface area contributed by atoms with Crippen LogP contribution < -0.4 is 14.8 Å². The highest BCUT2D eigenvalue weighted by atomic mass is 16.5. The standard InChI is InChI=1S/C17H29NO2/c1-12(2)16(13(3)4)11-18-10-14-7-8-15(19-5)9-17(14)20-6/h7-9,12-13,16,18H,10-11H2,1-6H3. The van der Waals surface area contributed by atoms with E-state index in [9.17, 15) is 0 Å². The van der Waals surface area contributed by atoms with Crippen LogP contribution in [0.3, 0.4) is 0 Å². The van der Waals surface area contributed by atoms with E-state index in [1.165, 1.54) is 5.56 Å². The molecule has 0 saturated heterocycles. The molecule has 0 amide bonds. The summed E-state index contributed by atoms with van der Waals surface area (Å²) >= 11 is 0. The third kappa shape index (κ3) is 4.71. The lowest BCUT2D eigenvalue weighted by atomic mass is 9.85. The Kier molecular flexibility index (Phi) is 6.86. The first-order valence-corrected chi connectivity index (χ1v) is 7.41. The zero-order valence-corrected chi connectivity index (χ0v) is 13.7. The van der Waals surface area contributed by atoms with Gasteiger partial charge >= 0.3 is 0 Å². The molecular weight excluding hydrogens is 250 g/mol. The molecule has 114 valence electrons. The summed E-state index contributed by atoms with van der Waals surface area (Å²) in [4.78, 5) is 0. The zero-order chi connectivity index (χ0) is 15.1. The minimum Gasteiger partial charge on any atom is -0.497 e. The van der Waals surface area contributed by atoms with Gasteiger partial charge in [-0.3, -0.25) is 0 Å². The molecule has 0 atom stereocenters. The third-order valence-corrected chi connectivity index (χ3v) is 3.90. The lowest BCUT2D eigenvalue weighted by molar-refractivity contribution is 0.275. The van der Waals surface area contributed by atoms with Gasteiger partial charge in [0.25, 0.3) is 0 Å². The molecule has 3 nitrogen and oxygen atoms in total. The van der Waals surface area contributed by atoms with E-state index >= 15 is 0 Å². The summed E-state index contributed by atoms with van der Waals surface area (Å²) in [6.45, 7) is 11.0. The van der Waals surface area contributed by atoms with Crippen LogP contribution in [-0.4, -0.2) is 20.8 Å². The van der Waals surface area contributed by atoms with Crippen LogP contribution >= 0.6 is 0 Å².